The lowest BCUT2D eigenvalue weighted by Crippen LogP contribution is -2.41. The Morgan fingerprint density at radius 1 is 1.36 bits per heavy atom. The summed E-state index contributed by atoms with van der Waals surface area (Å²) in [5.74, 6) is 0.514. The Hall–Kier alpha value is -1.72. The van der Waals surface area contributed by atoms with Crippen molar-refractivity contribution in [1.82, 2.24) is 15.2 Å². The minimum absolute atomic E-state index is 0.151. The van der Waals surface area contributed by atoms with E-state index in [0.717, 1.165) is 26.1 Å². The number of benzene rings is 1. The van der Waals surface area contributed by atoms with Crippen LogP contribution >= 0.6 is 11.3 Å². The molecule has 1 aromatic heterocycles. The fraction of sp³-hybridized carbons (Fsp3) is 0.500. The second-order valence-electron chi connectivity index (χ2n) is 7.35. The van der Waals surface area contributed by atoms with Crippen LogP contribution in [0, 0.1) is 0 Å². The van der Waals surface area contributed by atoms with Gasteiger partial charge in [-0.15, -0.1) is 11.3 Å². The average molecular weight is 356 g/mol. The number of carbonyl (C=O) groups is 1. The predicted molar refractivity (Wildman–Crippen MR) is 101 cm³/mol. The highest BCUT2D eigenvalue weighted by Gasteiger charge is 2.45. The summed E-state index contributed by atoms with van der Waals surface area (Å²) in [5, 5.41) is 6.05. The summed E-state index contributed by atoms with van der Waals surface area (Å²) in [7, 11) is 1.73. The molecule has 2 heterocycles. The number of thiazole rings is 1. The topological polar surface area (TPSA) is 45.2 Å². The molecule has 1 aliphatic carbocycles. The van der Waals surface area contributed by atoms with Crippen LogP contribution in [-0.2, 0) is 16.8 Å². The Balaban J connectivity index is 1.50. The smallest absolute Gasteiger partial charge is 0.220 e. The third kappa shape index (κ3) is 3.23. The molecule has 0 radical (unpaired) electrons. The zero-order chi connectivity index (χ0) is 17.3. The minimum Gasteiger partial charge on any atom is -0.359 e. The van der Waals surface area contributed by atoms with E-state index in [2.05, 4.69) is 44.8 Å². The molecule has 1 atom stereocenters. The number of fused-ring (bicyclic) bond motifs is 2. The summed E-state index contributed by atoms with van der Waals surface area (Å²) in [5.41, 5.74) is 3.16. The van der Waals surface area contributed by atoms with Crippen molar-refractivity contribution in [3.05, 3.63) is 52.0 Å². The first kappa shape index (κ1) is 16.7. The van der Waals surface area contributed by atoms with Gasteiger partial charge in [-0.3, -0.25) is 9.69 Å². The zero-order valence-corrected chi connectivity index (χ0v) is 15.5. The molecule has 1 fully saturated rings. The monoisotopic (exact) mass is 355 g/mol. The molecule has 25 heavy (non-hydrogen) atoms. The lowest BCUT2D eigenvalue weighted by Gasteiger charge is -2.40. The van der Waals surface area contributed by atoms with Gasteiger partial charge in [0.25, 0.3) is 0 Å². The first-order chi connectivity index (χ1) is 12.2. The SMILES string of the molecule is CNC(=O)C[C@@H]1CC2(CCN(Cc3nccs3)CC2)c2ccccc21. The molecule has 132 valence electrons. The molecule has 1 saturated heterocycles. The number of hydrogen-bond acceptors (Lipinski definition) is 4. The second-order valence-corrected chi connectivity index (χ2v) is 8.33. The molecule has 1 aromatic carbocycles. The third-order valence-corrected chi connectivity index (χ3v) is 6.74. The highest BCUT2D eigenvalue weighted by atomic mass is 32.1. The number of nitrogens with zero attached hydrogens (tertiary/aromatic N) is 2. The molecule has 0 bridgehead atoms. The number of aromatic nitrogens is 1. The average Bonchev–Trinajstić information content (AvgIpc) is 3.25. The molecule has 2 aliphatic rings. The van der Waals surface area contributed by atoms with E-state index in [1.807, 2.05) is 6.20 Å². The van der Waals surface area contributed by atoms with Crippen LogP contribution in [0.15, 0.2) is 35.8 Å². The largest absolute Gasteiger partial charge is 0.359 e. The fourth-order valence-electron chi connectivity index (χ4n) is 4.67. The predicted octanol–water partition coefficient (Wildman–Crippen LogP) is 3.30. The Morgan fingerprint density at radius 2 is 2.16 bits per heavy atom. The normalized spacial score (nSPS) is 22.0. The molecular weight excluding hydrogens is 330 g/mol. The lowest BCUT2D eigenvalue weighted by atomic mass is 9.73. The number of carbonyl (C=O) groups excluding carboxylic acids is 1. The van der Waals surface area contributed by atoms with E-state index in [9.17, 15) is 4.79 Å². The molecule has 1 spiro atoms. The van der Waals surface area contributed by atoms with E-state index in [1.165, 1.54) is 29.0 Å². The van der Waals surface area contributed by atoms with Gasteiger partial charge < -0.3 is 5.32 Å². The van der Waals surface area contributed by atoms with Gasteiger partial charge in [-0.25, -0.2) is 4.98 Å². The van der Waals surface area contributed by atoms with Crippen LogP contribution in [0.5, 0.6) is 0 Å². The molecule has 4 nitrogen and oxygen atoms in total. The number of amides is 1. The van der Waals surface area contributed by atoms with Crippen molar-refractivity contribution in [2.75, 3.05) is 20.1 Å². The van der Waals surface area contributed by atoms with Gasteiger partial charge >= 0.3 is 0 Å². The Labute approximate surface area is 153 Å². The van der Waals surface area contributed by atoms with Crippen LogP contribution < -0.4 is 5.32 Å². The van der Waals surface area contributed by atoms with E-state index < -0.39 is 0 Å². The van der Waals surface area contributed by atoms with Crippen LogP contribution in [0.1, 0.15) is 47.7 Å². The van der Waals surface area contributed by atoms with E-state index >= 15 is 0 Å². The molecule has 1 amide bonds. The highest BCUT2D eigenvalue weighted by Crippen LogP contribution is 2.52. The maximum Gasteiger partial charge on any atom is 0.220 e. The number of likely N-dealkylation sites (tertiary alicyclic amines) is 1. The van der Waals surface area contributed by atoms with E-state index in [4.69, 9.17) is 0 Å². The van der Waals surface area contributed by atoms with Crippen molar-refractivity contribution >= 4 is 17.2 Å². The van der Waals surface area contributed by atoms with Gasteiger partial charge in [-0.2, -0.15) is 0 Å². The number of hydrogen-bond donors (Lipinski definition) is 1. The van der Waals surface area contributed by atoms with Gasteiger partial charge in [0.05, 0.1) is 6.54 Å². The maximum absolute atomic E-state index is 12.0. The third-order valence-electron chi connectivity index (χ3n) is 5.98. The maximum atomic E-state index is 12.0. The molecule has 1 aliphatic heterocycles. The van der Waals surface area contributed by atoms with Gasteiger partial charge in [0.15, 0.2) is 0 Å². The Bertz CT molecular complexity index is 735. The molecule has 2 aromatic rings. The summed E-state index contributed by atoms with van der Waals surface area (Å²) >= 11 is 1.74. The standard InChI is InChI=1S/C20H25N3OS/c1-21-18(24)12-15-13-20(17-5-3-2-4-16(15)17)6-9-23(10-7-20)14-19-22-8-11-25-19/h2-5,8,11,15H,6-7,9-10,12-14H2,1H3,(H,21,24)/t15-/m1/s1. The molecule has 1 N–H and O–H groups in total. The number of nitrogens with one attached hydrogen (secondary N) is 1. The van der Waals surface area contributed by atoms with Crippen LogP contribution in [0.2, 0.25) is 0 Å². The molecular formula is C20H25N3OS. The van der Waals surface area contributed by atoms with Crippen molar-refractivity contribution in [3.63, 3.8) is 0 Å². The van der Waals surface area contributed by atoms with E-state index in [1.54, 1.807) is 18.4 Å². The summed E-state index contributed by atoms with van der Waals surface area (Å²) < 4.78 is 0. The van der Waals surface area contributed by atoms with Crippen molar-refractivity contribution in [2.45, 2.75) is 43.6 Å². The molecule has 0 unspecified atom stereocenters. The van der Waals surface area contributed by atoms with Crippen molar-refractivity contribution < 1.29 is 4.79 Å². The van der Waals surface area contributed by atoms with Crippen molar-refractivity contribution in [3.8, 4) is 0 Å². The van der Waals surface area contributed by atoms with Gasteiger partial charge in [0.1, 0.15) is 5.01 Å². The van der Waals surface area contributed by atoms with Gasteiger partial charge in [-0.1, -0.05) is 24.3 Å². The van der Waals surface area contributed by atoms with Crippen LogP contribution in [-0.4, -0.2) is 35.9 Å². The number of piperidine rings is 1. The molecule has 0 saturated carbocycles. The first-order valence-corrected chi connectivity index (χ1v) is 9.99. The van der Waals surface area contributed by atoms with Crippen LogP contribution in [0.25, 0.3) is 0 Å². The Kier molecular flexibility index (Phi) is 4.61. The van der Waals surface area contributed by atoms with Gasteiger partial charge in [-0.05, 0) is 54.8 Å². The van der Waals surface area contributed by atoms with E-state index in [-0.39, 0.29) is 11.3 Å². The van der Waals surface area contributed by atoms with Gasteiger partial charge in [0.2, 0.25) is 5.91 Å². The minimum atomic E-state index is 0.151. The van der Waals surface area contributed by atoms with Crippen LogP contribution in [0.4, 0.5) is 0 Å². The second kappa shape index (κ2) is 6.89. The number of rotatable bonds is 4. The zero-order valence-electron chi connectivity index (χ0n) is 14.7. The van der Waals surface area contributed by atoms with Crippen molar-refractivity contribution in [1.29, 1.82) is 0 Å². The van der Waals surface area contributed by atoms with Gasteiger partial charge in [0, 0.05) is 25.0 Å². The summed E-state index contributed by atoms with van der Waals surface area (Å²) in [6.07, 6.45) is 5.98. The lowest BCUT2D eigenvalue weighted by molar-refractivity contribution is -0.121. The quantitative estimate of drug-likeness (QED) is 0.915. The summed E-state index contributed by atoms with van der Waals surface area (Å²) in [4.78, 5) is 18.9. The summed E-state index contributed by atoms with van der Waals surface area (Å²) in [6, 6.07) is 8.81. The van der Waals surface area contributed by atoms with Crippen LogP contribution in [0.3, 0.4) is 0 Å². The van der Waals surface area contributed by atoms with E-state index in [0.29, 0.717) is 12.3 Å². The Morgan fingerprint density at radius 3 is 2.88 bits per heavy atom. The fourth-order valence-corrected chi connectivity index (χ4v) is 5.33. The molecule has 4 rings (SSSR count). The first-order valence-electron chi connectivity index (χ1n) is 9.11. The highest BCUT2D eigenvalue weighted by molar-refractivity contribution is 7.09. The van der Waals surface area contributed by atoms with Crippen molar-refractivity contribution in [2.24, 2.45) is 0 Å². The summed E-state index contributed by atoms with van der Waals surface area (Å²) in [6.45, 7) is 3.19. The molecule has 5 heteroatoms.